The van der Waals surface area contributed by atoms with Crippen molar-refractivity contribution in [1.29, 1.82) is 0 Å². The molecular weight excluding hydrogens is 314 g/mol. The summed E-state index contributed by atoms with van der Waals surface area (Å²) in [5, 5.41) is 0. The molecule has 1 aromatic rings. The quantitative estimate of drug-likeness (QED) is 0.526. The molecule has 1 rings (SSSR count). The lowest BCUT2D eigenvalue weighted by molar-refractivity contribution is -0.862. The number of aromatic nitrogens is 2. The van der Waals surface area contributed by atoms with Gasteiger partial charge in [0.25, 0.3) is 11.5 Å². The zero-order chi connectivity index (χ0) is 18.6. The van der Waals surface area contributed by atoms with Crippen molar-refractivity contribution in [3.63, 3.8) is 0 Å². The van der Waals surface area contributed by atoms with E-state index >= 15 is 0 Å². The molecule has 0 aromatic carbocycles. The number of Topliss-reactive ketones (excluding diaryl/α,β-unsaturated/α-hetero) is 1. The molecule has 0 saturated heterocycles. The largest absolute Gasteiger partial charge is 0.384 e. The van der Waals surface area contributed by atoms with Crippen LogP contribution < -0.4 is 21.9 Å². The van der Waals surface area contributed by atoms with Crippen LogP contribution in [0, 0.1) is 0 Å². The highest BCUT2D eigenvalue weighted by molar-refractivity contribution is 6.00. The minimum absolute atomic E-state index is 0.0661. The van der Waals surface area contributed by atoms with E-state index in [1.807, 2.05) is 6.92 Å². The maximum Gasteiger partial charge on any atom is 0.332 e. The number of quaternary nitrogens is 1. The molecule has 1 heterocycles. The van der Waals surface area contributed by atoms with Gasteiger partial charge in [-0.15, -0.1) is 0 Å². The first-order chi connectivity index (χ1) is 11.1. The highest BCUT2D eigenvalue weighted by Gasteiger charge is 2.24. The molecule has 134 valence electrons. The van der Waals surface area contributed by atoms with E-state index in [0.29, 0.717) is 17.9 Å². The number of nitrogen functional groups attached to an aromatic ring is 1. The molecule has 0 radical (unpaired) electrons. The predicted octanol–water partition coefficient (Wildman–Crippen LogP) is -2.68. The number of carbonyl (C=O) groups is 2. The second-order valence-corrected chi connectivity index (χ2v) is 6.08. The minimum atomic E-state index is -0.707. The number of nitrogens with one attached hydrogen (secondary N) is 1. The van der Waals surface area contributed by atoms with Gasteiger partial charge in [-0.05, 0) is 6.42 Å². The zero-order valence-corrected chi connectivity index (χ0v) is 14.9. The molecule has 0 saturated carbocycles. The van der Waals surface area contributed by atoms with Crippen molar-refractivity contribution in [2.45, 2.75) is 19.9 Å². The first-order valence-electron chi connectivity index (χ1n) is 7.75. The van der Waals surface area contributed by atoms with Crippen LogP contribution in [0.2, 0.25) is 0 Å². The number of amides is 1. The molecule has 1 atom stereocenters. The van der Waals surface area contributed by atoms with Gasteiger partial charge in [-0.25, -0.2) is 4.79 Å². The van der Waals surface area contributed by atoms with E-state index in [2.05, 4.69) is 0 Å². The Bertz CT molecular complexity index is 747. The molecule has 24 heavy (non-hydrogen) atoms. The van der Waals surface area contributed by atoms with E-state index in [0.717, 1.165) is 4.57 Å². The second kappa shape index (κ2) is 7.91. The molecule has 0 spiro atoms. The van der Waals surface area contributed by atoms with E-state index in [9.17, 15) is 19.2 Å². The summed E-state index contributed by atoms with van der Waals surface area (Å²) in [5.41, 5.74) is 4.47. The molecular formula is C15H26N5O4+. The third kappa shape index (κ3) is 4.10. The van der Waals surface area contributed by atoms with Crippen LogP contribution >= 0.6 is 0 Å². The van der Waals surface area contributed by atoms with Crippen molar-refractivity contribution in [2.75, 3.05) is 40.0 Å². The Balaban J connectivity index is 3.18. The van der Waals surface area contributed by atoms with Gasteiger partial charge in [0.2, 0.25) is 5.78 Å². The van der Waals surface area contributed by atoms with Gasteiger partial charge in [0.15, 0.2) is 6.54 Å². The molecule has 3 N–H and O–H groups in total. The summed E-state index contributed by atoms with van der Waals surface area (Å²) in [6.45, 7) is 2.24. The maximum atomic E-state index is 12.5. The van der Waals surface area contributed by atoms with Crippen LogP contribution in [0.15, 0.2) is 9.59 Å². The Hall–Kier alpha value is -2.42. The normalized spacial score (nSPS) is 12.0. The second-order valence-electron chi connectivity index (χ2n) is 6.08. The van der Waals surface area contributed by atoms with Crippen LogP contribution in [0.3, 0.4) is 0 Å². The van der Waals surface area contributed by atoms with Crippen molar-refractivity contribution < 1.29 is 14.5 Å². The third-order valence-electron chi connectivity index (χ3n) is 3.72. The van der Waals surface area contributed by atoms with Crippen LogP contribution in [0.5, 0.6) is 0 Å². The molecule has 0 aliphatic carbocycles. The monoisotopic (exact) mass is 340 g/mol. The SMILES string of the molecule is CCCn1c(N)c(C(=O)C[NH+](C)CC(=O)N(C)C)c(=O)n(C)c1=O. The third-order valence-corrected chi connectivity index (χ3v) is 3.72. The van der Waals surface area contributed by atoms with Crippen LogP contribution in [-0.4, -0.2) is 60.0 Å². The highest BCUT2D eigenvalue weighted by Crippen LogP contribution is 2.05. The number of likely N-dealkylation sites (N-methyl/N-ethyl adjacent to an activating group) is 2. The average Bonchev–Trinajstić information content (AvgIpc) is 2.49. The number of rotatable bonds is 7. The van der Waals surface area contributed by atoms with E-state index in [4.69, 9.17) is 5.73 Å². The molecule has 9 heteroatoms. The van der Waals surface area contributed by atoms with Crippen molar-refractivity contribution in [3.8, 4) is 0 Å². The van der Waals surface area contributed by atoms with Gasteiger partial charge in [-0.3, -0.25) is 23.5 Å². The fraction of sp³-hybridized carbons (Fsp3) is 0.600. The van der Waals surface area contributed by atoms with E-state index in [-0.39, 0.29) is 30.4 Å². The van der Waals surface area contributed by atoms with E-state index in [1.54, 1.807) is 21.1 Å². The number of nitrogens with zero attached hydrogens (tertiary/aromatic N) is 3. The average molecular weight is 340 g/mol. The van der Waals surface area contributed by atoms with Crippen molar-refractivity contribution in [3.05, 3.63) is 26.4 Å². The Labute approximate surface area is 140 Å². The zero-order valence-electron chi connectivity index (χ0n) is 14.9. The summed E-state index contributed by atoms with van der Waals surface area (Å²) in [7, 11) is 6.26. The van der Waals surface area contributed by atoms with Gasteiger partial charge >= 0.3 is 5.69 Å². The van der Waals surface area contributed by atoms with E-state index < -0.39 is 17.0 Å². The topological polar surface area (TPSA) is 112 Å². The fourth-order valence-electron chi connectivity index (χ4n) is 2.33. The molecule has 0 aliphatic rings. The first kappa shape index (κ1) is 19.6. The van der Waals surface area contributed by atoms with Gasteiger partial charge < -0.3 is 15.5 Å². The number of ketones is 1. The maximum absolute atomic E-state index is 12.5. The van der Waals surface area contributed by atoms with Crippen LogP contribution in [-0.2, 0) is 18.4 Å². The summed E-state index contributed by atoms with van der Waals surface area (Å²) >= 11 is 0. The molecule has 0 bridgehead atoms. The van der Waals surface area contributed by atoms with Crippen LogP contribution in [0.1, 0.15) is 23.7 Å². The van der Waals surface area contributed by atoms with E-state index in [1.165, 1.54) is 16.5 Å². The summed E-state index contributed by atoms with van der Waals surface area (Å²) in [6.07, 6.45) is 0.637. The minimum Gasteiger partial charge on any atom is -0.384 e. The van der Waals surface area contributed by atoms with Crippen LogP contribution in [0.4, 0.5) is 5.82 Å². The van der Waals surface area contributed by atoms with Crippen molar-refractivity contribution in [2.24, 2.45) is 7.05 Å². The smallest absolute Gasteiger partial charge is 0.332 e. The first-order valence-corrected chi connectivity index (χ1v) is 7.75. The number of anilines is 1. The van der Waals surface area contributed by atoms with Gasteiger partial charge in [0, 0.05) is 27.7 Å². The summed E-state index contributed by atoms with van der Waals surface area (Å²) in [6, 6.07) is 0. The lowest BCUT2D eigenvalue weighted by Crippen LogP contribution is -3.11. The number of carbonyl (C=O) groups excluding carboxylic acids is 2. The Morgan fingerprint density at radius 1 is 1.21 bits per heavy atom. The predicted molar refractivity (Wildman–Crippen MR) is 90.3 cm³/mol. The van der Waals surface area contributed by atoms with Gasteiger partial charge in [-0.2, -0.15) is 0 Å². The van der Waals surface area contributed by atoms with Crippen molar-refractivity contribution >= 4 is 17.5 Å². The molecule has 0 fully saturated rings. The molecule has 1 aromatic heterocycles. The van der Waals surface area contributed by atoms with Crippen molar-refractivity contribution in [1.82, 2.24) is 14.0 Å². The lowest BCUT2D eigenvalue weighted by atomic mass is 10.1. The Kier molecular flexibility index (Phi) is 6.47. The van der Waals surface area contributed by atoms with Gasteiger partial charge in [0.1, 0.15) is 17.9 Å². The molecule has 1 unspecified atom stereocenters. The van der Waals surface area contributed by atoms with Gasteiger partial charge in [-0.1, -0.05) is 6.92 Å². The molecule has 0 aliphatic heterocycles. The lowest BCUT2D eigenvalue weighted by Gasteiger charge is -2.17. The number of hydrogen-bond donors (Lipinski definition) is 2. The summed E-state index contributed by atoms with van der Waals surface area (Å²) < 4.78 is 2.12. The summed E-state index contributed by atoms with van der Waals surface area (Å²) in [5.74, 6) is -0.721. The molecule has 9 nitrogen and oxygen atoms in total. The van der Waals surface area contributed by atoms with Crippen LogP contribution in [0.25, 0.3) is 0 Å². The Morgan fingerprint density at radius 3 is 2.29 bits per heavy atom. The fourth-order valence-corrected chi connectivity index (χ4v) is 2.33. The standard InChI is InChI=1S/C15H25N5O4/c1-6-7-20-13(16)12(14(23)19(5)15(20)24)10(21)8-18(4)9-11(22)17(2)3/h6-9,16H2,1-5H3/p+1. The van der Waals surface area contributed by atoms with Gasteiger partial charge in [0.05, 0.1) is 7.05 Å². The summed E-state index contributed by atoms with van der Waals surface area (Å²) in [4.78, 5) is 50.7. The highest BCUT2D eigenvalue weighted by atomic mass is 16.2. The molecule has 1 amide bonds. The number of nitrogens with two attached hydrogens (primary N) is 1. The Morgan fingerprint density at radius 2 is 1.79 bits per heavy atom. The number of hydrogen-bond acceptors (Lipinski definition) is 5.